The smallest absolute Gasteiger partial charge is 0.136 e. The number of rotatable bonds is 6. The topological polar surface area (TPSA) is 24.9 Å². The van der Waals surface area contributed by atoms with Gasteiger partial charge in [-0.15, -0.1) is 11.3 Å². The molecule has 0 amide bonds. The number of hydrogen-bond acceptors (Lipinski definition) is 3. The predicted octanol–water partition coefficient (Wildman–Crippen LogP) is 4.46. The van der Waals surface area contributed by atoms with E-state index in [0.717, 1.165) is 30.1 Å². The molecule has 1 aliphatic rings. The van der Waals surface area contributed by atoms with Crippen LogP contribution in [-0.2, 0) is 13.0 Å². The van der Waals surface area contributed by atoms with Crippen molar-refractivity contribution in [2.24, 2.45) is 0 Å². The van der Waals surface area contributed by atoms with Crippen LogP contribution in [0, 0.1) is 12.7 Å². The average molecular weight is 304 g/mol. The first-order valence-electron chi connectivity index (χ1n) is 7.66. The van der Waals surface area contributed by atoms with Gasteiger partial charge in [0.05, 0.1) is 5.69 Å². The molecule has 1 aliphatic carbocycles. The van der Waals surface area contributed by atoms with Gasteiger partial charge in [-0.05, 0) is 37.8 Å². The molecule has 112 valence electrons. The van der Waals surface area contributed by atoms with Crippen molar-refractivity contribution in [1.29, 1.82) is 0 Å². The van der Waals surface area contributed by atoms with Crippen LogP contribution >= 0.6 is 11.3 Å². The molecule has 0 unspecified atom stereocenters. The standard InChI is InChI=1S/C17H21FN2S/c1-3-5-14-15(10-19-12-8-9-12)21-17(20-14)13-7-4-6-11(2)16(13)18/h4,6-7,12,19H,3,5,8-10H2,1-2H3. The second kappa shape index (κ2) is 6.24. The molecular formula is C17H21FN2S. The van der Waals surface area contributed by atoms with E-state index in [0.29, 0.717) is 17.2 Å². The predicted molar refractivity (Wildman–Crippen MR) is 86.1 cm³/mol. The van der Waals surface area contributed by atoms with Gasteiger partial charge in [-0.2, -0.15) is 0 Å². The van der Waals surface area contributed by atoms with Crippen LogP contribution in [0.15, 0.2) is 18.2 Å². The molecule has 0 aliphatic heterocycles. The van der Waals surface area contributed by atoms with Crippen molar-refractivity contribution in [3.05, 3.63) is 40.2 Å². The van der Waals surface area contributed by atoms with Crippen molar-refractivity contribution in [3.8, 4) is 10.6 Å². The lowest BCUT2D eigenvalue weighted by atomic mass is 10.1. The fourth-order valence-corrected chi connectivity index (χ4v) is 3.48. The number of aromatic nitrogens is 1. The van der Waals surface area contributed by atoms with E-state index in [1.54, 1.807) is 24.3 Å². The first-order chi connectivity index (χ1) is 10.2. The second-order valence-electron chi connectivity index (χ2n) is 5.73. The molecule has 1 heterocycles. The monoisotopic (exact) mass is 304 g/mol. The largest absolute Gasteiger partial charge is 0.309 e. The van der Waals surface area contributed by atoms with Gasteiger partial charge in [-0.25, -0.2) is 9.37 Å². The molecule has 0 saturated heterocycles. The molecule has 2 nitrogen and oxygen atoms in total. The summed E-state index contributed by atoms with van der Waals surface area (Å²) in [6.45, 7) is 4.82. The fourth-order valence-electron chi connectivity index (χ4n) is 2.41. The summed E-state index contributed by atoms with van der Waals surface area (Å²) < 4.78 is 14.3. The van der Waals surface area contributed by atoms with Crippen LogP contribution in [0.4, 0.5) is 4.39 Å². The van der Waals surface area contributed by atoms with Crippen molar-refractivity contribution in [3.63, 3.8) is 0 Å². The number of aryl methyl sites for hydroxylation is 2. The molecule has 1 aromatic carbocycles. The summed E-state index contributed by atoms with van der Waals surface area (Å²) in [7, 11) is 0. The summed E-state index contributed by atoms with van der Waals surface area (Å²) in [4.78, 5) is 5.97. The van der Waals surface area contributed by atoms with Gasteiger partial charge in [0.15, 0.2) is 0 Å². The third kappa shape index (κ3) is 3.33. The maximum Gasteiger partial charge on any atom is 0.136 e. The van der Waals surface area contributed by atoms with Crippen LogP contribution in [0.3, 0.4) is 0 Å². The van der Waals surface area contributed by atoms with Crippen molar-refractivity contribution >= 4 is 11.3 Å². The Morgan fingerprint density at radius 2 is 2.19 bits per heavy atom. The molecule has 2 aromatic rings. The zero-order chi connectivity index (χ0) is 14.8. The highest BCUT2D eigenvalue weighted by molar-refractivity contribution is 7.15. The molecule has 1 aromatic heterocycles. The number of nitrogens with one attached hydrogen (secondary N) is 1. The van der Waals surface area contributed by atoms with Gasteiger partial charge in [0.25, 0.3) is 0 Å². The molecule has 3 rings (SSSR count). The minimum atomic E-state index is -0.143. The van der Waals surface area contributed by atoms with E-state index in [4.69, 9.17) is 4.98 Å². The number of hydrogen-bond donors (Lipinski definition) is 1. The van der Waals surface area contributed by atoms with Gasteiger partial charge in [0.2, 0.25) is 0 Å². The van der Waals surface area contributed by atoms with Gasteiger partial charge < -0.3 is 5.32 Å². The number of benzene rings is 1. The van der Waals surface area contributed by atoms with E-state index in [1.165, 1.54) is 17.7 Å². The van der Waals surface area contributed by atoms with Crippen LogP contribution in [0.25, 0.3) is 10.6 Å². The Labute approximate surface area is 129 Å². The number of halogens is 1. The van der Waals surface area contributed by atoms with Crippen LogP contribution in [0.1, 0.15) is 42.3 Å². The Bertz CT molecular complexity index is 632. The normalized spacial score (nSPS) is 14.6. The van der Waals surface area contributed by atoms with Crippen LogP contribution < -0.4 is 5.32 Å². The van der Waals surface area contributed by atoms with Crippen molar-refractivity contribution < 1.29 is 4.39 Å². The third-order valence-electron chi connectivity index (χ3n) is 3.82. The van der Waals surface area contributed by atoms with Gasteiger partial charge in [-0.1, -0.05) is 25.5 Å². The Hall–Kier alpha value is -1.26. The van der Waals surface area contributed by atoms with E-state index in [2.05, 4.69) is 12.2 Å². The van der Waals surface area contributed by atoms with Gasteiger partial charge >= 0.3 is 0 Å². The Balaban J connectivity index is 1.90. The SMILES string of the molecule is CCCc1nc(-c2cccc(C)c2F)sc1CNC1CC1. The van der Waals surface area contributed by atoms with E-state index < -0.39 is 0 Å². The number of thiazole rings is 1. The first kappa shape index (κ1) is 14.7. The highest BCUT2D eigenvalue weighted by atomic mass is 32.1. The van der Waals surface area contributed by atoms with Crippen molar-refractivity contribution in [2.45, 2.75) is 52.1 Å². The lowest BCUT2D eigenvalue weighted by Gasteiger charge is -2.02. The van der Waals surface area contributed by atoms with Gasteiger partial charge in [0, 0.05) is 23.0 Å². The molecule has 21 heavy (non-hydrogen) atoms. The zero-order valence-electron chi connectivity index (χ0n) is 12.6. The summed E-state index contributed by atoms with van der Waals surface area (Å²) in [6, 6.07) is 6.21. The van der Waals surface area contributed by atoms with E-state index in [1.807, 2.05) is 12.1 Å². The Kier molecular flexibility index (Phi) is 4.36. The lowest BCUT2D eigenvalue weighted by molar-refractivity contribution is 0.622. The summed E-state index contributed by atoms with van der Waals surface area (Å²) in [5.74, 6) is -0.143. The maximum absolute atomic E-state index is 14.3. The molecule has 0 bridgehead atoms. The molecule has 1 saturated carbocycles. The fraction of sp³-hybridized carbons (Fsp3) is 0.471. The summed E-state index contributed by atoms with van der Waals surface area (Å²) >= 11 is 1.63. The van der Waals surface area contributed by atoms with Crippen LogP contribution in [0.5, 0.6) is 0 Å². The quantitative estimate of drug-likeness (QED) is 0.852. The van der Waals surface area contributed by atoms with Crippen molar-refractivity contribution in [2.75, 3.05) is 0 Å². The van der Waals surface area contributed by atoms with E-state index in [-0.39, 0.29) is 5.82 Å². The Morgan fingerprint density at radius 3 is 2.90 bits per heavy atom. The minimum absolute atomic E-state index is 0.143. The maximum atomic E-state index is 14.3. The molecule has 1 fully saturated rings. The molecule has 0 radical (unpaired) electrons. The van der Waals surface area contributed by atoms with Gasteiger partial charge in [-0.3, -0.25) is 0 Å². The second-order valence-corrected chi connectivity index (χ2v) is 6.81. The number of nitrogens with zero attached hydrogens (tertiary/aromatic N) is 1. The molecule has 0 spiro atoms. The summed E-state index contributed by atoms with van der Waals surface area (Å²) in [6.07, 6.45) is 4.59. The third-order valence-corrected chi connectivity index (χ3v) is 4.95. The molecule has 1 N–H and O–H groups in total. The molecule has 0 atom stereocenters. The Morgan fingerprint density at radius 1 is 1.38 bits per heavy atom. The molecule has 4 heteroatoms. The van der Waals surface area contributed by atoms with Crippen molar-refractivity contribution in [1.82, 2.24) is 10.3 Å². The molecular weight excluding hydrogens is 283 g/mol. The summed E-state index contributed by atoms with van der Waals surface area (Å²) in [5.41, 5.74) is 2.44. The summed E-state index contributed by atoms with van der Waals surface area (Å²) in [5, 5.41) is 4.35. The average Bonchev–Trinajstić information content (AvgIpc) is 3.22. The highest BCUT2D eigenvalue weighted by Crippen LogP contribution is 2.32. The van der Waals surface area contributed by atoms with Crippen LogP contribution in [-0.4, -0.2) is 11.0 Å². The zero-order valence-corrected chi connectivity index (χ0v) is 13.4. The minimum Gasteiger partial charge on any atom is -0.309 e. The van der Waals surface area contributed by atoms with Gasteiger partial charge in [0.1, 0.15) is 10.8 Å². The first-order valence-corrected chi connectivity index (χ1v) is 8.48. The van der Waals surface area contributed by atoms with E-state index in [9.17, 15) is 4.39 Å². The lowest BCUT2D eigenvalue weighted by Crippen LogP contribution is -2.15. The van der Waals surface area contributed by atoms with Crippen LogP contribution in [0.2, 0.25) is 0 Å². The highest BCUT2D eigenvalue weighted by Gasteiger charge is 2.22. The van der Waals surface area contributed by atoms with E-state index >= 15 is 0 Å².